The Morgan fingerprint density at radius 3 is 2.65 bits per heavy atom. The molecule has 0 amide bonds. The van der Waals surface area contributed by atoms with E-state index in [1.54, 1.807) is 12.1 Å². The molecule has 1 aromatic rings. The first-order valence-corrected chi connectivity index (χ1v) is 8.41. The molecule has 1 N–H and O–H groups in total. The molecule has 0 aromatic heterocycles. The van der Waals surface area contributed by atoms with E-state index in [0.717, 1.165) is 6.54 Å². The van der Waals surface area contributed by atoms with Crippen LogP contribution in [-0.4, -0.2) is 40.0 Å². The van der Waals surface area contributed by atoms with Crippen molar-refractivity contribution in [2.45, 2.75) is 24.3 Å². The zero-order valence-electron chi connectivity index (χ0n) is 11.7. The second kappa shape index (κ2) is 7.18. The van der Waals surface area contributed by atoms with Gasteiger partial charge in [-0.1, -0.05) is 6.07 Å². The number of hydrogen-bond acceptors (Lipinski definition) is 4. The number of halogens is 1. The van der Waals surface area contributed by atoms with Crippen molar-refractivity contribution in [3.63, 3.8) is 0 Å². The van der Waals surface area contributed by atoms with Crippen molar-refractivity contribution in [3.8, 4) is 6.07 Å². The highest BCUT2D eigenvalue weighted by molar-refractivity contribution is 9.10. The van der Waals surface area contributed by atoms with Crippen LogP contribution >= 0.6 is 15.9 Å². The van der Waals surface area contributed by atoms with Gasteiger partial charge in [-0.25, -0.2) is 13.1 Å². The van der Waals surface area contributed by atoms with Gasteiger partial charge < -0.3 is 4.90 Å². The van der Waals surface area contributed by atoms with Gasteiger partial charge in [0.1, 0.15) is 11.0 Å². The molecule has 1 aromatic carbocycles. The van der Waals surface area contributed by atoms with E-state index in [1.165, 1.54) is 6.07 Å². The van der Waals surface area contributed by atoms with E-state index in [1.807, 2.05) is 32.0 Å². The molecule has 0 aliphatic carbocycles. The summed E-state index contributed by atoms with van der Waals surface area (Å²) in [5, 5.41) is 9.09. The predicted octanol–water partition coefficient (Wildman–Crippen LogP) is 1.94. The lowest BCUT2D eigenvalue weighted by atomic mass is 10.2. The maximum Gasteiger partial charge on any atom is 0.242 e. The Kier molecular flexibility index (Phi) is 6.14. The molecular weight excluding hydrogens is 342 g/mol. The van der Waals surface area contributed by atoms with Crippen LogP contribution in [0.5, 0.6) is 0 Å². The largest absolute Gasteiger partial charge is 0.309 e. The molecule has 0 aliphatic rings. The minimum atomic E-state index is -3.69. The van der Waals surface area contributed by atoms with Crippen molar-refractivity contribution in [1.82, 2.24) is 9.62 Å². The van der Waals surface area contributed by atoms with Crippen LogP contribution in [0.3, 0.4) is 0 Å². The third-order valence-corrected chi connectivity index (χ3v) is 5.04. The van der Waals surface area contributed by atoms with Gasteiger partial charge in [0.25, 0.3) is 0 Å². The van der Waals surface area contributed by atoms with Gasteiger partial charge in [0.15, 0.2) is 0 Å². The Hall–Kier alpha value is -0.940. The summed E-state index contributed by atoms with van der Waals surface area (Å²) in [6.45, 7) is 2.60. The fourth-order valence-electron chi connectivity index (χ4n) is 1.68. The molecule has 0 bridgehead atoms. The molecule has 0 unspecified atom stereocenters. The highest BCUT2D eigenvalue weighted by Gasteiger charge is 2.22. The van der Waals surface area contributed by atoms with Gasteiger partial charge >= 0.3 is 0 Å². The van der Waals surface area contributed by atoms with Gasteiger partial charge in [0.2, 0.25) is 10.0 Å². The Labute approximate surface area is 128 Å². The van der Waals surface area contributed by atoms with E-state index in [2.05, 4.69) is 20.7 Å². The Morgan fingerprint density at radius 2 is 2.10 bits per heavy atom. The molecule has 0 saturated heterocycles. The van der Waals surface area contributed by atoms with Crippen molar-refractivity contribution in [3.05, 3.63) is 28.2 Å². The second-order valence-electron chi connectivity index (χ2n) is 4.84. The maximum atomic E-state index is 12.3. The van der Waals surface area contributed by atoms with Gasteiger partial charge in [0, 0.05) is 10.5 Å². The molecule has 110 valence electrons. The Balaban J connectivity index is 2.96. The zero-order valence-corrected chi connectivity index (χ0v) is 14.1. The SMILES string of the molecule is C[C@@H](CCN(C)C)NS(=O)(=O)c1cccc(Br)c1C#N. The van der Waals surface area contributed by atoms with Crippen molar-refractivity contribution in [2.24, 2.45) is 0 Å². The summed E-state index contributed by atoms with van der Waals surface area (Å²) in [6, 6.07) is 6.40. The molecule has 0 radical (unpaired) electrons. The molecule has 0 aliphatic heterocycles. The smallest absolute Gasteiger partial charge is 0.242 e. The average molecular weight is 360 g/mol. The molecular formula is C13H18BrN3O2S. The quantitative estimate of drug-likeness (QED) is 0.842. The number of benzene rings is 1. The molecule has 20 heavy (non-hydrogen) atoms. The molecule has 5 nitrogen and oxygen atoms in total. The summed E-state index contributed by atoms with van der Waals surface area (Å²) in [6.07, 6.45) is 0.697. The van der Waals surface area contributed by atoms with Crippen LogP contribution in [0.15, 0.2) is 27.6 Å². The van der Waals surface area contributed by atoms with Gasteiger partial charge in [-0.2, -0.15) is 5.26 Å². The minimum absolute atomic E-state index is 0.00563. The van der Waals surface area contributed by atoms with Crippen molar-refractivity contribution in [1.29, 1.82) is 5.26 Å². The summed E-state index contributed by atoms with van der Waals surface area (Å²) in [7, 11) is 0.174. The number of nitrogens with zero attached hydrogens (tertiary/aromatic N) is 2. The molecule has 1 rings (SSSR count). The Morgan fingerprint density at radius 1 is 1.45 bits per heavy atom. The number of nitriles is 1. The summed E-state index contributed by atoms with van der Waals surface area (Å²) < 4.78 is 27.7. The zero-order chi connectivity index (χ0) is 15.3. The van der Waals surface area contributed by atoms with Crippen LogP contribution in [0, 0.1) is 11.3 Å². The van der Waals surface area contributed by atoms with Gasteiger partial charge in [0.05, 0.1) is 5.56 Å². The second-order valence-corrected chi connectivity index (χ2v) is 7.38. The van der Waals surface area contributed by atoms with Crippen LogP contribution in [0.25, 0.3) is 0 Å². The fourth-order valence-corrected chi connectivity index (χ4v) is 3.72. The first-order chi connectivity index (χ1) is 9.27. The fraction of sp³-hybridized carbons (Fsp3) is 0.462. The van der Waals surface area contributed by atoms with Crippen LogP contribution in [-0.2, 0) is 10.0 Å². The molecule has 7 heteroatoms. The van der Waals surface area contributed by atoms with Crippen LogP contribution in [0.2, 0.25) is 0 Å². The van der Waals surface area contributed by atoms with E-state index >= 15 is 0 Å². The van der Waals surface area contributed by atoms with Crippen molar-refractivity contribution >= 4 is 26.0 Å². The van der Waals surface area contributed by atoms with Crippen molar-refractivity contribution in [2.75, 3.05) is 20.6 Å². The highest BCUT2D eigenvalue weighted by Crippen LogP contribution is 2.23. The summed E-state index contributed by atoms with van der Waals surface area (Å²) >= 11 is 3.19. The maximum absolute atomic E-state index is 12.3. The van der Waals surface area contributed by atoms with E-state index in [0.29, 0.717) is 10.9 Å². The minimum Gasteiger partial charge on any atom is -0.309 e. The third-order valence-electron chi connectivity index (χ3n) is 2.74. The topological polar surface area (TPSA) is 73.2 Å². The Bertz CT molecular complexity index is 609. The number of rotatable bonds is 6. The van der Waals surface area contributed by atoms with Gasteiger partial charge in [-0.05, 0) is 62.0 Å². The lowest BCUT2D eigenvalue weighted by Gasteiger charge is -2.17. The molecule has 1 atom stereocenters. The summed E-state index contributed by atoms with van der Waals surface area (Å²) in [4.78, 5) is 2.00. The first-order valence-electron chi connectivity index (χ1n) is 6.13. The standard InChI is InChI=1S/C13H18BrN3O2S/c1-10(7-8-17(2)3)16-20(18,19)13-6-4-5-12(14)11(13)9-15/h4-6,10,16H,7-8H2,1-3H3/t10-/m0/s1. The normalized spacial score (nSPS) is 13.2. The number of nitrogens with one attached hydrogen (secondary N) is 1. The van der Waals surface area contributed by atoms with Crippen molar-refractivity contribution < 1.29 is 8.42 Å². The monoisotopic (exact) mass is 359 g/mol. The van der Waals surface area contributed by atoms with Crippen LogP contribution in [0.4, 0.5) is 0 Å². The summed E-state index contributed by atoms with van der Waals surface area (Å²) in [5.41, 5.74) is 0.125. The summed E-state index contributed by atoms with van der Waals surface area (Å²) in [5.74, 6) is 0. The molecule has 0 saturated carbocycles. The van der Waals surface area contributed by atoms with Crippen LogP contribution < -0.4 is 4.72 Å². The predicted molar refractivity (Wildman–Crippen MR) is 81.8 cm³/mol. The first kappa shape index (κ1) is 17.1. The molecule has 0 fully saturated rings. The average Bonchev–Trinajstić information content (AvgIpc) is 2.35. The number of hydrogen-bond donors (Lipinski definition) is 1. The van der Waals surface area contributed by atoms with Crippen LogP contribution in [0.1, 0.15) is 18.9 Å². The van der Waals surface area contributed by atoms with E-state index < -0.39 is 10.0 Å². The van der Waals surface area contributed by atoms with E-state index in [9.17, 15) is 8.42 Å². The van der Waals surface area contributed by atoms with E-state index in [-0.39, 0.29) is 16.5 Å². The molecule has 0 spiro atoms. The highest BCUT2D eigenvalue weighted by atomic mass is 79.9. The van der Waals surface area contributed by atoms with Gasteiger partial charge in [-0.15, -0.1) is 0 Å². The lowest BCUT2D eigenvalue weighted by molar-refractivity contribution is 0.379. The lowest BCUT2D eigenvalue weighted by Crippen LogP contribution is -2.35. The number of sulfonamides is 1. The molecule has 0 heterocycles. The van der Waals surface area contributed by atoms with E-state index in [4.69, 9.17) is 5.26 Å². The third kappa shape index (κ3) is 4.56. The van der Waals surface area contributed by atoms with Gasteiger partial charge in [-0.3, -0.25) is 0 Å².